The van der Waals surface area contributed by atoms with Gasteiger partial charge in [-0.2, -0.15) is 5.26 Å². The van der Waals surface area contributed by atoms with Gasteiger partial charge in [-0.3, -0.25) is 4.79 Å². The first kappa shape index (κ1) is 14.5. The number of nitrogens with zero attached hydrogens (tertiary/aromatic N) is 1. The molecule has 0 aliphatic heterocycles. The molecule has 0 saturated carbocycles. The second kappa shape index (κ2) is 6.53. The van der Waals surface area contributed by atoms with Crippen LogP contribution in [-0.2, 0) is 17.8 Å². The van der Waals surface area contributed by atoms with Crippen molar-refractivity contribution >= 4 is 5.97 Å². The van der Waals surface area contributed by atoms with Crippen molar-refractivity contribution in [2.75, 3.05) is 0 Å². The number of ether oxygens (including phenoxy) is 1. The van der Waals surface area contributed by atoms with E-state index in [0.717, 1.165) is 6.07 Å². The predicted molar refractivity (Wildman–Crippen MR) is 73.2 cm³/mol. The molecule has 0 saturated heterocycles. The molecule has 4 nitrogen and oxygen atoms in total. The maximum atomic E-state index is 13.7. The summed E-state index contributed by atoms with van der Waals surface area (Å²) in [4.78, 5) is 10.8. The zero-order chi connectivity index (χ0) is 15.2. The van der Waals surface area contributed by atoms with Crippen molar-refractivity contribution < 1.29 is 19.0 Å². The number of rotatable bonds is 5. The van der Waals surface area contributed by atoms with Crippen LogP contribution in [0.25, 0.3) is 0 Å². The average Bonchev–Trinajstić information content (AvgIpc) is 2.46. The maximum Gasteiger partial charge on any atom is 0.307 e. The largest absolute Gasteiger partial charge is 0.488 e. The molecule has 5 heteroatoms. The highest BCUT2D eigenvalue weighted by atomic mass is 19.1. The molecule has 2 aromatic rings. The van der Waals surface area contributed by atoms with E-state index in [9.17, 15) is 9.18 Å². The van der Waals surface area contributed by atoms with Gasteiger partial charge in [0.2, 0.25) is 0 Å². The minimum atomic E-state index is -0.962. The Morgan fingerprint density at radius 3 is 2.67 bits per heavy atom. The Morgan fingerprint density at radius 1 is 1.24 bits per heavy atom. The number of hydrogen-bond donors (Lipinski definition) is 1. The zero-order valence-electron chi connectivity index (χ0n) is 11.0. The Morgan fingerprint density at radius 2 is 2.00 bits per heavy atom. The quantitative estimate of drug-likeness (QED) is 0.917. The fourth-order valence-corrected chi connectivity index (χ4v) is 1.84. The average molecular weight is 285 g/mol. The van der Waals surface area contributed by atoms with Crippen LogP contribution >= 0.6 is 0 Å². The summed E-state index contributed by atoms with van der Waals surface area (Å²) in [5.41, 5.74) is 1.07. The molecule has 21 heavy (non-hydrogen) atoms. The third kappa shape index (κ3) is 3.80. The third-order valence-corrected chi connectivity index (χ3v) is 2.88. The second-order valence-corrected chi connectivity index (χ2v) is 4.38. The first-order valence-corrected chi connectivity index (χ1v) is 6.21. The van der Waals surface area contributed by atoms with Crippen LogP contribution in [0.15, 0.2) is 42.5 Å². The number of carboxylic acids is 1. The van der Waals surface area contributed by atoms with Crippen LogP contribution in [0.5, 0.6) is 5.75 Å². The van der Waals surface area contributed by atoms with E-state index >= 15 is 0 Å². The topological polar surface area (TPSA) is 70.3 Å². The van der Waals surface area contributed by atoms with E-state index in [4.69, 9.17) is 15.1 Å². The molecular formula is C16H12FNO3. The zero-order valence-corrected chi connectivity index (χ0v) is 11.0. The first-order valence-electron chi connectivity index (χ1n) is 6.21. The number of carbonyl (C=O) groups is 1. The van der Waals surface area contributed by atoms with Crippen LogP contribution in [0.1, 0.15) is 16.7 Å². The molecule has 0 atom stereocenters. The lowest BCUT2D eigenvalue weighted by Crippen LogP contribution is -2.05. The van der Waals surface area contributed by atoms with Gasteiger partial charge in [-0.1, -0.05) is 24.3 Å². The summed E-state index contributed by atoms with van der Waals surface area (Å²) >= 11 is 0. The van der Waals surface area contributed by atoms with Gasteiger partial charge in [0, 0.05) is 11.1 Å². The summed E-state index contributed by atoms with van der Waals surface area (Å²) in [7, 11) is 0. The molecule has 1 N–H and O–H groups in total. The summed E-state index contributed by atoms with van der Waals surface area (Å²) in [5.74, 6) is -1.08. The van der Waals surface area contributed by atoms with Crippen LogP contribution in [0.4, 0.5) is 4.39 Å². The van der Waals surface area contributed by atoms with E-state index in [1.807, 2.05) is 6.07 Å². The molecule has 2 rings (SSSR count). The Kier molecular flexibility index (Phi) is 4.52. The highest BCUT2D eigenvalue weighted by Gasteiger charge is 2.09. The first-order chi connectivity index (χ1) is 10.1. The van der Waals surface area contributed by atoms with Crippen LogP contribution < -0.4 is 4.74 Å². The standard InChI is InChI=1S/C16H12FNO3/c17-14-7-11(9-18)5-6-13(14)10-21-15-4-2-1-3-12(15)8-16(19)20/h1-7H,8,10H2,(H,19,20). The second-order valence-electron chi connectivity index (χ2n) is 4.38. The van der Waals surface area contributed by atoms with Crippen molar-refractivity contribution in [2.24, 2.45) is 0 Å². The number of benzene rings is 2. The summed E-state index contributed by atoms with van der Waals surface area (Å²) in [6.45, 7) is -0.0336. The third-order valence-electron chi connectivity index (χ3n) is 2.88. The fourth-order valence-electron chi connectivity index (χ4n) is 1.84. The van der Waals surface area contributed by atoms with Crippen LogP contribution in [0.3, 0.4) is 0 Å². The monoisotopic (exact) mass is 285 g/mol. The lowest BCUT2D eigenvalue weighted by atomic mass is 10.1. The molecule has 0 heterocycles. The lowest BCUT2D eigenvalue weighted by molar-refractivity contribution is -0.136. The molecule has 0 aromatic heterocycles. The molecule has 0 bridgehead atoms. The van der Waals surface area contributed by atoms with Gasteiger partial charge in [-0.05, 0) is 18.2 Å². The van der Waals surface area contributed by atoms with Gasteiger partial charge in [-0.25, -0.2) is 4.39 Å². The van der Waals surface area contributed by atoms with Crippen molar-refractivity contribution in [1.29, 1.82) is 5.26 Å². The molecule has 0 unspecified atom stereocenters. The van der Waals surface area contributed by atoms with Crippen molar-refractivity contribution in [3.63, 3.8) is 0 Å². The summed E-state index contributed by atoms with van der Waals surface area (Å²) in [5, 5.41) is 17.5. The molecule has 0 aliphatic carbocycles. The highest BCUT2D eigenvalue weighted by Crippen LogP contribution is 2.21. The Balaban J connectivity index is 2.13. The van der Waals surface area contributed by atoms with Gasteiger partial charge in [-0.15, -0.1) is 0 Å². The van der Waals surface area contributed by atoms with E-state index in [2.05, 4.69) is 0 Å². The molecule has 0 amide bonds. The van der Waals surface area contributed by atoms with Gasteiger partial charge in [0.1, 0.15) is 18.2 Å². The van der Waals surface area contributed by atoms with Gasteiger partial charge >= 0.3 is 5.97 Å². The van der Waals surface area contributed by atoms with Gasteiger partial charge < -0.3 is 9.84 Å². The van der Waals surface area contributed by atoms with Gasteiger partial charge in [0.05, 0.1) is 18.1 Å². The number of carboxylic acid groups (broad SMARTS) is 1. The number of nitriles is 1. The molecule has 106 valence electrons. The minimum Gasteiger partial charge on any atom is -0.488 e. The van der Waals surface area contributed by atoms with E-state index in [1.165, 1.54) is 12.1 Å². The molecule has 0 radical (unpaired) electrons. The fraction of sp³-hybridized carbons (Fsp3) is 0.125. The molecule has 2 aromatic carbocycles. The van der Waals surface area contributed by atoms with E-state index < -0.39 is 11.8 Å². The number of aliphatic carboxylic acids is 1. The highest BCUT2D eigenvalue weighted by molar-refractivity contribution is 5.71. The summed E-state index contributed by atoms with van der Waals surface area (Å²) < 4.78 is 19.2. The number of hydrogen-bond acceptors (Lipinski definition) is 3. The van der Waals surface area contributed by atoms with Crippen LogP contribution in [0.2, 0.25) is 0 Å². The van der Waals surface area contributed by atoms with Crippen molar-refractivity contribution in [3.8, 4) is 11.8 Å². The minimum absolute atomic E-state index is 0.0336. The van der Waals surface area contributed by atoms with E-state index in [0.29, 0.717) is 16.9 Å². The Labute approximate surface area is 121 Å². The summed E-state index contributed by atoms with van der Waals surface area (Å²) in [6.07, 6.45) is -0.161. The molecule has 0 spiro atoms. The van der Waals surface area contributed by atoms with Crippen molar-refractivity contribution in [1.82, 2.24) is 0 Å². The smallest absolute Gasteiger partial charge is 0.307 e. The van der Waals surface area contributed by atoms with E-state index in [1.54, 1.807) is 24.3 Å². The van der Waals surface area contributed by atoms with E-state index in [-0.39, 0.29) is 18.6 Å². The van der Waals surface area contributed by atoms with Crippen molar-refractivity contribution in [3.05, 3.63) is 65.0 Å². The molecule has 0 aliphatic rings. The van der Waals surface area contributed by atoms with Gasteiger partial charge in [0.25, 0.3) is 0 Å². The number of para-hydroxylation sites is 1. The predicted octanol–water partition coefficient (Wildman–Crippen LogP) is 2.90. The number of halogens is 1. The van der Waals surface area contributed by atoms with Crippen LogP contribution in [-0.4, -0.2) is 11.1 Å². The lowest BCUT2D eigenvalue weighted by Gasteiger charge is -2.11. The van der Waals surface area contributed by atoms with Gasteiger partial charge in [0.15, 0.2) is 0 Å². The summed E-state index contributed by atoms with van der Waals surface area (Å²) in [6, 6.07) is 12.7. The van der Waals surface area contributed by atoms with Crippen molar-refractivity contribution in [2.45, 2.75) is 13.0 Å². The Bertz CT molecular complexity index is 707. The molecule has 0 fully saturated rings. The SMILES string of the molecule is N#Cc1ccc(COc2ccccc2CC(=O)O)c(F)c1. The van der Waals surface area contributed by atoms with Crippen LogP contribution in [0, 0.1) is 17.1 Å². The molecular weight excluding hydrogens is 273 g/mol. The Hall–Kier alpha value is -2.87. The maximum absolute atomic E-state index is 13.7. The normalized spacial score (nSPS) is 9.90.